The molecule has 92 valence electrons. The summed E-state index contributed by atoms with van der Waals surface area (Å²) in [7, 11) is 0. The molecule has 2 aromatic rings. The van der Waals surface area contributed by atoms with Crippen LogP contribution in [0.1, 0.15) is 22.8 Å². The van der Waals surface area contributed by atoms with Crippen molar-refractivity contribution >= 4 is 11.6 Å². The Kier molecular flexibility index (Phi) is 3.63. The third-order valence-corrected chi connectivity index (χ3v) is 2.75. The average molecular weight is 241 g/mol. The van der Waals surface area contributed by atoms with Gasteiger partial charge in [0, 0.05) is 17.3 Å². The lowest BCUT2D eigenvalue weighted by atomic mass is 10.0. The van der Waals surface area contributed by atoms with Gasteiger partial charge < -0.3 is 10.4 Å². The number of rotatable bonds is 3. The van der Waals surface area contributed by atoms with Crippen molar-refractivity contribution in [2.45, 2.75) is 13.3 Å². The van der Waals surface area contributed by atoms with Crippen LogP contribution in [0.15, 0.2) is 48.5 Å². The second-order valence-electron chi connectivity index (χ2n) is 4.02. The van der Waals surface area contributed by atoms with Gasteiger partial charge in [-0.05, 0) is 30.2 Å². The number of aryl methyl sites for hydroxylation is 1. The normalized spacial score (nSPS) is 10.1. The highest BCUT2D eigenvalue weighted by atomic mass is 16.3. The molecule has 1 amide bonds. The zero-order chi connectivity index (χ0) is 13.0. The summed E-state index contributed by atoms with van der Waals surface area (Å²) in [5.74, 6) is -0.0189. The minimum atomic E-state index is -0.155. The van der Waals surface area contributed by atoms with Gasteiger partial charge in [0.15, 0.2) is 0 Å². The lowest BCUT2D eigenvalue weighted by Gasteiger charge is -2.09. The number of amides is 1. The summed E-state index contributed by atoms with van der Waals surface area (Å²) in [5, 5.41) is 12.1. The highest BCUT2D eigenvalue weighted by Gasteiger charge is 2.09. The number of benzene rings is 2. The molecule has 18 heavy (non-hydrogen) atoms. The molecule has 0 aliphatic rings. The van der Waals surface area contributed by atoms with Gasteiger partial charge in [0.05, 0.1) is 0 Å². The Balaban J connectivity index is 2.22. The van der Waals surface area contributed by atoms with Crippen molar-refractivity contribution < 1.29 is 9.90 Å². The first-order valence-corrected chi connectivity index (χ1v) is 5.89. The van der Waals surface area contributed by atoms with Crippen LogP contribution in [0.5, 0.6) is 5.75 Å². The molecule has 0 bridgehead atoms. The zero-order valence-corrected chi connectivity index (χ0v) is 10.2. The largest absolute Gasteiger partial charge is 0.508 e. The van der Waals surface area contributed by atoms with Crippen LogP contribution in [0.2, 0.25) is 0 Å². The summed E-state index contributed by atoms with van der Waals surface area (Å²) >= 11 is 0. The number of anilines is 1. The summed E-state index contributed by atoms with van der Waals surface area (Å²) in [6.07, 6.45) is 0.809. The minimum absolute atomic E-state index is 0.136. The fourth-order valence-electron chi connectivity index (χ4n) is 1.83. The Labute approximate surface area is 106 Å². The molecule has 2 rings (SSSR count). The maximum atomic E-state index is 12.1. The predicted octanol–water partition coefficient (Wildman–Crippen LogP) is 3.21. The monoisotopic (exact) mass is 241 g/mol. The van der Waals surface area contributed by atoms with E-state index in [9.17, 15) is 9.90 Å². The van der Waals surface area contributed by atoms with E-state index in [1.807, 2.05) is 25.1 Å². The Hall–Kier alpha value is -2.29. The second kappa shape index (κ2) is 5.36. The van der Waals surface area contributed by atoms with Crippen molar-refractivity contribution in [3.63, 3.8) is 0 Å². The molecule has 0 saturated carbocycles. The van der Waals surface area contributed by atoms with E-state index in [0.29, 0.717) is 11.3 Å². The molecule has 2 N–H and O–H groups in total. The van der Waals surface area contributed by atoms with E-state index in [1.54, 1.807) is 24.3 Å². The quantitative estimate of drug-likeness (QED) is 0.866. The highest BCUT2D eigenvalue weighted by molar-refractivity contribution is 6.05. The van der Waals surface area contributed by atoms with Crippen LogP contribution >= 0.6 is 0 Å². The van der Waals surface area contributed by atoms with Crippen LogP contribution in [0, 0.1) is 0 Å². The van der Waals surface area contributed by atoms with Crippen molar-refractivity contribution in [2.24, 2.45) is 0 Å². The fourth-order valence-corrected chi connectivity index (χ4v) is 1.83. The van der Waals surface area contributed by atoms with Gasteiger partial charge in [-0.3, -0.25) is 4.79 Å². The standard InChI is InChI=1S/C15H15NO2/c1-2-11-6-3-4-9-14(11)15(18)16-12-7-5-8-13(17)10-12/h3-10,17H,2H2,1H3,(H,16,18). The van der Waals surface area contributed by atoms with E-state index >= 15 is 0 Å². The summed E-state index contributed by atoms with van der Waals surface area (Å²) in [6.45, 7) is 2.01. The van der Waals surface area contributed by atoms with Crippen molar-refractivity contribution in [3.05, 3.63) is 59.7 Å². The molecule has 0 atom stereocenters. The van der Waals surface area contributed by atoms with E-state index in [4.69, 9.17) is 0 Å². The molecule has 0 heterocycles. The maximum Gasteiger partial charge on any atom is 0.255 e. The molecule has 0 aliphatic heterocycles. The topological polar surface area (TPSA) is 49.3 Å². The van der Waals surface area contributed by atoms with Gasteiger partial charge in [-0.1, -0.05) is 31.2 Å². The van der Waals surface area contributed by atoms with E-state index in [0.717, 1.165) is 12.0 Å². The Morgan fingerprint density at radius 3 is 2.67 bits per heavy atom. The van der Waals surface area contributed by atoms with Crippen molar-refractivity contribution in [2.75, 3.05) is 5.32 Å². The Morgan fingerprint density at radius 2 is 1.94 bits per heavy atom. The lowest BCUT2D eigenvalue weighted by Crippen LogP contribution is -2.13. The van der Waals surface area contributed by atoms with E-state index < -0.39 is 0 Å². The summed E-state index contributed by atoms with van der Waals surface area (Å²) in [4.78, 5) is 12.1. The Morgan fingerprint density at radius 1 is 1.17 bits per heavy atom. The van der Waals surface area contributed by atoms with E-state index in [-0.39, 0.29) is 11.7 Å². The van der Waals surface area contributed by atoms with Gasteiger partial charge in [0.25, 0.3) is 5.91 Å². The third kappa shape index (κ3) is 2.69. The minimum Gasteiger partial charge on any atom is -0.508 e. The average Bonchev–Trinajstić information content (AvgIpc) is 2.38. The molecule has 0 radical (unpaired) electrons. The van der Waals surface area contributed by atoms with Crippen LogP contribution in [0.25, 0.3) is 0 Å². The fraction of sp³-hybridized carbons (Fsp3) is 0.133. The van der Waals surface area contributed by atoms with Crippen LogP contribution in [0.4, 0.5) is 5.69 Å². The van der Waals surface area contributed by atoms with Gasteiger partial charge >= 0.3 is 0 Å². The number of phenols is 1. The number of carbonyl (C=O) groups excluding carboxylic acids is 1. The molecule has 0 saturated heterocycles. The van der Waals surface area contributed by atoms with Gasteiger partial charge in [-0.15, -0.1) is 0 Å². The van der Waals surface area contributed by atoms with Gasteiger partial charge in [-0.2, -0.15) is 0 Å². The third-order valence-electron chi connectivity index (χ3n) is 2.75. The molecular weight excluding hydrogens is 226 g/mol. The number of nitrogens with one attached hydrogen (secondary N) is 1. The van der Waals surface area contributed by atoms with Gasteiger partial charge in [-0.25, -0.2) is 0 Å². The highest BCUT2D eigenvalue weighted by Crippen LogP contribution is 2.17. The van der Waals surface area contributed by atoms with Crippen molar-refractivity contribution in [1.29, 1.82) is 0 Å². The van der Waals surface area contributed by atoms with Crippen LogP contribution in [-0.4, -0.2) is 11.0 Å². The van der Waals surface area contributed by atoms with E-state index in [1.165, 1.54) is 6.07 Å². The number of hydrogen-bond donors (Lipinski definition) is 2. The molecule has 3 heteroatoms. The summed E-state index contributed by atoms with van der Waals surface area (Å²) in [6, 6.07) is 14.0. The second-order valence-corrected chi connectivity index (χ2v) is 4.02. The smallest absolute Gasteiger partial charge is 0.255 e. The van der Waals surface area contributed by atoms with Crippen LogP contribution < -0.4 is 5.32 Å². The molecule has 0 unspecified atom stereocenters. The zero-order valence-electron chi connectivity index (χ0n) is 10.2. The molecule has 0 aliphatic carbocycles. The van der Waals surface area contributed by atoms with E-state index in [2.05, 4.69) is 5.32 Å². The van der Waals surface area contributed by atoms with Crippen LogP contribution in [0.3, 0.4) is 0 Å². The first kappa shape index (κ1) is 12.2. The molecule has 0 fully saturated rings. The number of carbonyl (C=O) groups is 1. The predicted molar refractivity (Wildman–Crippen MR) is 71.9 cm³/mol. The SMILES string of the molecule is CCc1ccccc1C(=O)Nc1cccc(O)c1. The maximum absolute atomic E-state index is 12.1. The Bertz CT molecular complexity index is 564. The van der Waals surface area contributed by atoms with Crippen LogP contribution in [-0.2, 0) is 6.42 Å². The molecule has 2 aromatic carbocycles. The van der Waals surface area contributed by atoms with Gasteiger partial charge in [0.1, 0.15) is 5.75 Å². The number of phenolic OH excluding ortho intramolecular Hbond substituents is 1. The lowest BCUT2D eigenvalue weighted by molar-refractivity contribution is 0.102. The molecule has 0 spiro atoms. The molecule has 3 nitrogen and oxygen atoms in total. The van der Waals surface area contributed by atoms with Gasteiger partial charge in [0.2, 0.25) is 0 Å². The van der Waals surface area contributed by atoms with Crippen molar-refractivity contribution in [3.8, 4) is 5.75 Å². The number of aromatic hydroxyl groups is 1. The summed E-state index contributed by atoms with van der Waals surface area (Å²) < 4.78 is 0. The molecular formula is C15H15NO2. The number of hydrogen-bond acceptors (Lipinski definition) is 2. The molecule has 0 aromatic heterocycles. The van der Waals surface area contributed by atoms with Crippen molar-refractivity contribution in [1.82, 2.24) is 0 Å². The summed E-state index contributed by atoms with van der Waals surface area (Å²) in [5.41, 5.74) is 2.27. The first-order chi connectivity index (χ1) is 8.70. The first-order valence-electron chi connectivity index (χ1n) is 5.89.